The Hall–Kier alpha value is -1.81. The third-order valence-corrected chi connectivity index (χ3v) is 1.96. The van der Waals surface area contributed by atoms with Crippen molar-refractivity contribution in [1.29, 1.82) is 0 Å². The van der Waals surface area contributed by atoms with Gasteiger partial charge in [-0.3, -0.25) is 0 Å². The third kappa shape index (κ3) is 2.61. The molecule has 0 atom stereocenters. The van der Waals surface area contributed by atoms with Gasteiger partial charge in [-0.1, -0.05) is 6.07 Å². The number of benzene rings is 1. The molecular weight excluding hydrogens is 223 g/mol. The molecule has 0 spiro atoms. The molecule has 0 fully saturated rings. The molecule has 0 amide bonds. The van der Waals surface area contributed by atoms with Crippen molar-refractivity contribution in [2.45, 2.75) is 12.7 Å². The van der Waals surface area contributed by atoms with E-state index in [-0.39, 0.29) is 11.3 Å². The van der Waals surface area contributed by atoms with E-state index in [0.29, 0.717) is 0 Å². The Morgan fingerprint density at radius 1 is 1.44 bits per heavy atom. The summed E-state index contributed by atoms with van der Waals surface area (Å²) >= 11 is 0. The zero-order valence-corrected chi connectivity index (χ0v) is 8.34. The molecule has 0 N–H and O–H groups in total. The van der Waals surface area contributed by atoms with Gasteiger partial charge in [-0.05, 0) is 12.1 Å². The molecule has 1 rings (SSSR count). The Kier molecular flexibility index (Phi) is 3.68. The Morgan fingerprint density at radius 2 is 2.12 bits per heavy atom. The molecule has 0 heterocycles. The number of isocyanates is 1. The number of aliphatic imine (C=N–C) groups is 1. The van der Waals surface area contributed by atoms with Gasteiger partial charge in [0.15, 0.2) is 0 Å². The highest BCUT2D eigenvalue weighted by Gasteiger charge is 2.34. The summed E-state index contributed by atoms with van der Waals surface area (Å²) in [6.07, 6.45) is -3.30. The molecule has 0 aromatic heterocycles. The normalized spacial score (nSPS) is 10.8. The second-order valence-corrected chi connectivity index (χ2v) is 2.89. The van der Waals surface area contributed by atoms with Crippen molar-refractivity contribution in [1.82, 2.24) is 0 Å². The van der Waals surface area contributed by atoms with Gasteiger partial charge in [0.05, 0.1) is 19.2 Å². The van der Waals surface area contributed by atoms with Gasteiger partial charge in [0.25, 0.3) is 0 Å². The molecule has 0 bridgehead atoms. The zero-order valence-electron chi connectivity index (χ0n) is 8.34. The van der Waals surface area contributed by atoms with Crippen LogP contribution < -0.4 is 4.74 Å². The molecule has 0 aliphatic heterocycles. The number of carbonyl (C=O) groups excluding carboxylic acids is 1. The Labute approximate surface area is 89.6 Å². The SMILES string of the molecule is COc1cccc(C(F)(F)F)c1CN=C=O. The molecule has 6 heteroatoms. The van der Waals surface area contributed by atoms with E-state index in [2.05, 4.69) is 4.99 Å². The molecule has 0 unspecified atom stereocenters. The predicted octanol–water partition coefficient (Wildman–Crippen LogP) is 2.55. The largest absolute Gasteiger partial charge is 0.496 e. The Bertz CT molecular complexity index is 423. The number of nitrogens with zero attached hydrogens (tertiary/aromatic N) is 1. The van der Waals surface area contributed by atoms with Crippen LogP contribution in [0, 0.1) is 0 Å². The summed E-state index contributed by atoms with van der Waals surface area (Å²) in [6.45, 7) is -0.400. The summed E-state index contributed by atoms with van der Waals surface area (Å²) in [6, 6.07) is 3.53. The summed E-state index contributed by atoms with van der Waals surface area (Å²) in [5, 5.41) is 0. The molecular formula is C10H8F3NO2. The highest BCUT2D eigenvalue weighted by Crippen LogP contribution is 2.36. The van der Waals surface area contributed by atoms with Crippen LogP contribution in [0.1, 0.15) is 11.1 Å². The molecule has 1 aromatic rings. The molecule has 0 radical (unpaired) electrons. The van der Waals surface area contributed by atoms with E-state index in [4.69, 9.17) is 4.74 Å². The predicted molar refractivity (Wildman–Crippen MR) is 49.8 cm³/mol. The third-order valence-electron chi connectivity index (χ3n) is 1.96. The number of methoxy groups -OCH3 is 1. The minimum Gasteiger partial charge on any atom is -0.496 e. The average Bonchev–Trinajstić information content (AvgIpc) is 2.24. The van der Waals surface area contributed by atoms with Gasteiger partial charge < -0.3 is 4.74 Å². The van der Waals surface area contributed by atoms with Gasteiger partial charge in [-0.2, -0.15) is 13.2 Å². The maximum absolute atomic E-state index is 12.6. The lowest BCUT2D eigenvalue weighted by molar-refractivity contribution is -0.138. The van der Waals surface area contributed by atoms with Crippen LogP contribution in [0.4, 0.5) is 13.2 Å². The van der Waals surface area contributed by atoms with Crippen molar-refractivity contribution in [3.05, 3.63) is 29.3 Å². The van der Waals surface area contributed by atoms with Gasteiger partial charge in [-0.25, -0.2) is 9.79 Å². The maximum atomic E-state index is 12.6. The summed E-state index contributed by atoms with van der Waals surface area (Å²) in [4.78, 5) is 13.1. The first-order valence-corrected chi connectivity index (χ1v) is 4.27. The lowest BCUT2D eigenvalue weighted by Gasteiger charge is -2.14. The number of hydrogen-bond acceptors (Lipinski definition) is 3. The number of rotatable bonds is 3. The minimum atomic E-state index is -4.50. The number of halogens is 3. The molecule has 0 saturated heterocycles. The van der Waals surface area contributed by atoms with Crippen molar-refractivity contribution in [2.24, 2.45) is 4.99 Å². The van der Waals surface area contributed by atoms with Gasteiger partial charge in [-0.15, -0.1) is 0 Å². The Balaban J connectivity index is 3.31. The average molecular weight is 231 g/mol. The summed E-state index contributed by atoms with van der Waals surface area (Å²) in [7, 11) is 1.25. The summed E-state index contributed by atoms with van der Waals surface area (Å²) in [5.41, 5.74) is -1.02. The summed E-state index contributed by atoms with van der Waals surface area (Å²) < 4.78 is 42.6. The lowest BCUT2D eigenvalue weighted by atomic mass is 10.1. The van der Waals surface area contributed by atoms with Crippen LogP contribution in [0.25, 0.3) is 0 Å². The standard InChI is InChI=1S/C10H8F3NO2/c1-16-9-4-2-3-8(10(11,12)13)7(9)5-14-6-15/h2-4H,5H2,1H3. The maximum Gasteiger partial charge on any atom is 0.416 e. The molecule has 0 aliphatic rings. The minimum absolute atomic E-state index is 0.0498. The highest BCUT2D eigenvalue weighted by atomic mass is 19.4. The van der Waals surface area contributed by atoms with Crippen molar-refractivity contribution in [2.75, 3.05) is 7.11 Å². The molecule has 3 nitrogen and oxygen atoms in total. The Morgan fingerprint density at radius 3 is 2.62 bits per heavy atom. The second kappa shape index (κ2) is 4.81. The van der Waals surface area contributed by atoms with E-state index >= 15 is 0 Å². The van der Waals surface area contributed by atoms with E-state index in [1.54, 1.807) is 0 Å². The topological polar surface area (TPSA) is 38.7 Å². The first kappa shape index (κ1) is 12.3. The van der Waals surface area contributed by atoms with Crippen LogP contribution in [-0.4, -0.2) is 13.2 Å². The van der Waals surface area contributed by atoms with Crippen LogP contribution in [0.15, 0.2) is 23.2 Å². The van der Waals surface area contributed by atoms with E-state index in [9.17, 15) is 18.0 Å². The van der Waals surface area contributed by atoms with Gasteiger partial charge in [0.1, 0.15) is 5.75 Å². The lowest BCUT2D eigenvalue weighted by Crippen LogP contribution is -2.10. The fourth-order valence-electron chi connectivity index (χ4n) is 1.30. The van der Waals surface area contributed by atoms with Crippen LogP contribution in [0.3, 0.4) is 0 Å². The van der Waals surface area contributed by atoms with E-state index in [1.165, 1.54) is 25.3 Å². The van der Waals surface area contributed by atoms with Crippen molar-refractivity contribution < 1.29 is 22.7 Å². The van der Waals surface area contributed by atoms with E-state index in [0.717, 1.165) is 6.07 Å². The van der Waals surface area contributed by atoms with E-state index in [1.807, 2.05) is 0 Å². The van der Waals surface area contributed by atoms with Crippen molar-refractivity contribution >= 4 is 6.08 Å². The van der Waals surface area contributed by atoms with Crippen LogP contribution >= 0.6 is 0 Å². The first-order valence-electron chi connectivity index (χ1n) is 4.27. The molecule has 0 aliphatic carbocycles. The fraction of sp³-hybridized carbons (Fsp3) is 0.300. The summed E-state index contributed by atoms with van der Waals surface area (Å²) in [5.74, 6) is 0.0498. The fourth-order valence-corrected chi connectivity index (χ4v) is 1.30. The quantitative estimate of drug-likeness (QED) is 0.592. The van der Waals surface area contributed by atoms with Crippen LogP contribution in [-0.2, 0) is 17.5 Å². The van der Waals surface area contributed by atoms with Gasteiger partial charge >= 0.3 is 6.18 Å². The monoisotopic (exact) mass is 231 g/mol. The first-order chi connectivity index (χ1) is 7.50. The van der Waals surface area contributed by atoms with Crippen LogP contribution in [0.5, 0.6) is 5.75 Å². The van der Waals surface area contributed by atoms with Crippen molar-refractivity contribution in [3.63, 3.8) is 0 Å². The number of hydrogen-bond donors (Lipinski definition) is 0. The molecule has 86 valence electrons. The second-order valence-electron chi connectivity index (χ2n) is 2.89. The highest BCUT2D eigenvalue weighted by molar-refractivity contribution is 5.43. The molecule has 16 heavy (non-hydrogen) atoms. The van der Waals surface area contributed by atoms with Gasteiger partial charge in [0.2, 0.25) is 6.08 Å². The van der Waals surface area contributed by atoms with Crippen molar-refractivity contribution in [3.8, 4) is 5.75 Å². The van der Waals surface area contributed by atoms with E-state index < -0.39 is 18.3 Å². The smallest absolute Gasteiger partial charge is 0.416 e. The number of ether oxygens (including phenoxy) is 1. The van der Waals surface area contributed by atoms with Crippen LogP contribution in [0.2, 0.25) is 0 Å². The molecule has 1 aromatic carbocycles. The number of alkyl halides is 3. The van der Waals surface area contributed by atoms with Gasteiger partial charge in [0, 0.05) is 5.56 Å². The zero-order chi connectivity index (χ0) is 12.2. The molecule has 0 saturated carbocycles.